The third-order valence-electron chi connectivity index (χ3n) is 2.24. The van der Waals surface area contributed by atoms with Crippen LogP contribution in [0.15, 0.2) is 39.4 Å². The number of hydrogen-bond donors (Lipinski definition) is 1. The van der Waals surface area contributed by atoms with Crippen LogP contribution >= 0.6 is 27.5 Å². The van der Waals surface area contributed by atoms with Gasteiger partial charge in [-0.25, -0.2) is 0 Å². The van der Waals surface area contributed by atoms with E-state index in [0.29, 0.717) is 16.5 Å². The van der Waals surface area contributed by atoms with Crippen molar-refractivity contribution in [2.45, 2.75) is 6.92 Å². The van der Waals surface area contributed by atoms with Crippen molar-refractivity contribution in [1.29, 1.82) is 0 Å². The lowest BCUT2D eigenvalue weighted by atomic mass is 10.2. The first-order valence-corrected chi connectivity index (χ1v) is 6.05. The van der Waals surface area contributed by atoms with Crippen LogP contribution in [0, 0.1) is 6.92 Å². The van der Waals surface area contributed by atoms with Gasteiger partial charge in [-0.1, -0.05) is 27.5 Å². The maximum absolute atomic E-state index is 11.9. The van der Waals surface area contributed by atoms with Crippen molar-refractivity contribution < 1.29 is 9.21 Å². The van der Waals surface area contributed by atoms with Crippen LogP contribution in [0.5, 0.6) is 0 Å². The number of aryl methyl sites for hydroxylation is 1. The van der Waals surface area contributed by atoms with E-state index in [1.54, 1.807) is 31.2 Å². The quantitative estimate of drug-likeness (QED) is 0.900. The summed E-state index contributed by atoms with van der Waals surface area (Å²) in [5, 5.41) is 3.18. The number of rotatable bonds is 2. The van der Waals surface area contributed by atoms with Crippen molar-refractivity contribution in [3.8, 4) is 0 Å². The molecule has 0 bridgehead atoms. The van der Waals surface area contributed by atoms with Crippen LogP contribution in [0.2, 0.25) is 5.02 Å². The van der Waals surface area contributed by atoms with Gasteiger partial charge in [-0.2, -0.15) is 0 Å². The molecular formula is C12H9BrClNO2. The number of nitrogens with one attached hydrogen (secondary N) is 1. The Morgan fingerprint density at radius 2 is 2.18 bits per heavy atom. The summed E-state index contributed by atoms with van der Waals surface area (Å²) in [6, 6.07) is 6.97. The molecule has 0 saturated carbocycles. The zero-order chi connectivity index (χ0) is 12.4. The fraction of sp³-hybridized carbons (Fsp3) is 0.0833. The van der Waals surface area contributed by atoms with Crippen LogP contribution in [-0.4, -0.2) is 5.91 Å². The van der Waals surface area contributed by atoms with E-state index in [-0.39, 0.29) is 5.91 Å². The lowest BCUT2D eigenvalue weighted by Gasteiger charge is -2.06. The summed E-state index contributed by atoms with van der Waals surface area (Å²) in [5.41, 5.74) is 1.33. The Hall–Kier alpha value is -1.26. The van der Waals surface area contributed by atoms with Gasteiger partial charge in [0, 0.05) is 10.0 Å². The minimum absolute atomic E-state index is 0.293. The van der Waals surface area contributed by atoms with Crippen molar-refractivity contribution in [2.24, 2.45) is 0 Å². The van der Waals surface area contributed by atoms with Crippen LogP contribution in [0.3, 0.4) is 0 Å². The molecule has 1 amide bonds. The molecule has 0 unspecified atom stereocenters. The van der Waals surface area contributed by atoms with Crippen LogP contribution < -0.4 is 5.32 Å². The molecule has 0 aliphatic rings. The Kier molecular flexibility index (Phi) is 3.54. The van der Waals surface area contributed by atoms with E-state index in [4.69, 9.17) is 16.0 Å². The Balaban J connectivity index is 2.24. The molecule has 1 N–H and O–H groups in total. The molecule has 2 aromatic rings. The number of furan rings is 1. The standard InChI is InChI=1S/C12H9BrClNO2/c1-7-4-5-17-11(7)12(16)15-10-6-8(13)2-3-9(10)14/h2-6H,1H3,(H,15,16). The molecule has 3 nitrogen and oxygen atoms in total. The highest BCUT2D eigenvalue weighted by Crippen LogP contribution is 2.26. The lowest BCUT2D eigenvalue weighted by molar-refractivity contribution is 0.0996. The molecular weight excluding hydrogens is 305 g/mol. The Labute approximate surface area is 112 Å². The number of hydrogen-bond acceptors (Lipinski definition) is 2. The van der Waals surface area contributed by atoms with Crippen LogP contribution in [0.4, 0.5) is 5.69 Å². The molecule has 0 fully saturated rings. The van der Waals surface area contributed by atoms with Crippen molar-refractivity contribution in [2.75, 3.05) is 5.32 Å². The zero-order valence-corrected chi connectivity index (χ0v) is 11.3. The van der Waals surface area contributed by atoms with Crippen molar-refractivity contribution in [3.63, 3.8) is 0 Å². The summed E-state index contributed by atoms with van der Waals surface area (Å²) in [6.45, 7) is 1.81. The average Bonchev–Trinajstić information content (AvgIpc) is 2.70. The predicted molar refractivity (Wildman–Crippen MR) is 70.6 cm³/mol. The zero-order valence-electron chi connectivity index (χ0n) is 8.96. The summed E-state index contributed by atoms with van der Waals surface area (Å²) < 4.78 is 5.94. The predicted octanol–water partition coefficient (Wildman–Crippen LogP) is 4.26. The average molecular weight is 315 g/mol. The van der Waals surface area contributed by atoms with Gasteiger partial charge in [0.25, 0.3) is 5.91 Å². The molecule has 2 rings (SSSR count). The molecule has 0 aliphatic carbocycles. The first-order chi connectivity index (χ1) is 8.08. The number of carbonyl (C=O) groups excluding carboxylic acids is 1. The second kappa shape index (κ2) is 4.94. The highest BCUT2D eigenvalue weighted by atomic mass is 79.9. The Bertz CT molecular complexity index is 565. The summed E-state index contributed by atoms with van der Waals surface area (Å²) in [6.07, 6.45) is 1.48. The van der Waals surface area contributed by atoms with Gasteiger partial charge < -0.3 is 9.73 Å². The number of amides is 1. The fourth-order valence-electron chi connectivity index (χ4n) is 1.38. The Morgan fingerprint density at radius 3 is 2.82 bits per heavy atom. The van der Waals surface area contributed by atoms with E-state index in [1.165, 1.54) is 6.26 Å². The van der Waals surface area contributed by atoms with Gasteiger partial charge in [-0.3, -0.25) is 4.79 Å². The molecule has 1 aromatic heterocycles. The summed E-state index contributed by atoms with van der Waals surface area (Å²) in [5.74, 6) is -0.0199. The smallest absolute Gasteiger partial charge is 0.291 e. The van der Waals surface area contributed by atoms with Crippen LogP contribution in [0.25, 0.3) is 0 Å². The van der Waals surface area contributed by atoms with Gasteiger partial charge in [0.15, 0.2) is 5.76 Å². The normalized spacial score (nSPS) is 10.3. The third kappa shape index (κ3) is 2.70. The SMILES string of the molecule is Cc1ccoc1C(=O)Nc1cc(Br)ccc1Cl. The highest BCUT2D eigenvalue weighted by molar-refractivity contribution is 9.10. The largest absolute Gasteiger partial charge is 0.459 e. The van der Waals surface area contributed by atoms with E-state index in [0.717, 1.165) is 10.0 Å². The monoisotopic (exact) mass is 313 g/mol. The minimum atomic E-state index is -0.312. The summed E-state index contributed by atoms with van der Waals surface area (Å²) in [7, 11) is 0. The highest BCUT2D eigenvalue weighted by Gasteiger charge is 2.14. The van der Waals surface area contributed by atoms with E-state index >= 15 is 0 Å². The van der Waals surface area contributed by atoms with E-state index < -0.39 is 0 Å². The fourth-order valence-corrected chi connectivity index (χ4v) is 1.90. The van der Waals surface area contributed by atoms with Gasteiger partial charge in [-0.15, -0.1) is 0 Å². The maximum atomic E-state index is 11.9. The van der Waals surface area contributed by atoms with Gasteiger partial charge in [-0.05, 0) is 31.2 Å². The molecule has 1 heterocycles. The van der Waals surface area contributed by atoms with E-state index in [2.05, 4.69) is 21.2 Å². The second-order valence-corrected chi connectivity index (χ2v) is 4.83. The molecule has 0 saturated heterocycles. The molecule has 5 heteroatoms. The molecule has 88 valence electrons. The first-order valence-electron chi connectivity index (χ1n) is 4.88. The Morgan fingerprint density at radius 1 is 1.41 bits per heavy atom. The summed E-state index contributed by atoms with van der Waals surface area (Å²) >= 11 is 9.29. The van der Waals surface area contributed by atoms with Crippen molar-refractivity contribution in [1.82, 2.24) is 0 Å². The van der Waals surface area contributed by atoms with Gasteiger partial charge in [0.05, 0.1) is 17.0 Å². The van der Waals surface area contributed by atoms with Crippen molar-refractivity contribution >= 4 is 39.1 Å². The molecule has 0 spiro atoms. The molecule has 0 aliphatic heterocycles. The molecule has 0 radical (unpaired) electrons. The van der Waals surface area contributed by atoms with Gasteiger partial charge in [0.2, 0.25) is 0 Å². The second-order valence-electron chi connectivity index (χ2n) is 3.51. The minimum Gasteiger partial charge on any atom is -0.459 e. The topological polar surface area (TPSA) is 42.2 Å². The van der Waals surface area contributed by atoms with Gasteiger partial charge in [0.1, 0.15) is 0 Å². The molecule has 1 aromatic carbocycles. The van der Waals surface area contributed by atoms with Crippen LogP contribution in [-0.2, 0) is 0 Å². The third-order valence-corrected chi connectivity index (χ3v) is 3.07. The number of benzene rings is 1. The van der Waals surface area contributed by atoms with E-state index in [9.17, 15) is 4.79 Å². The first kappa shape index (κ1) is 12.2. The van der Waals surface area contributed by atoms with Gasteiger partial charge >= 0.3 is 0 Å². The maximum Gasteiger partial charge on any atom is 0.291 e. The van der Waals surface area contributed by atoms with E-state index in [1.807, 2.05) is 0 Å². The molecule has 17 heavy (non-hydrogen) atoms. The van der Waals surface area contributed by atoms with Crippen LogP contribution in [0.1, 0.15) is 16.1 Å². The lowest BCUT2D eigenvalue weighted by Crippen LogP contribution is -2.12. The number of halogens is 2. The van der Waals surface area contributed by atoms with Crippen molar-refractivity contribution in [3.05, 3.63) is 51.3 Å². The number of anilines is 1. The number of carbonyl (C=O) groups is 1. The summed E-state index contributed by atoms with van der Waals surface area (Å²) in [4.78, 5) is 11.9. The molecule has 0 atom stereocenters.